The topological polar surface area (TPSA) is 74.3 Å². The summed E-state index contributed by atoms with van der Waals surface area (Å²) in [6.45, 7) is 5.13. The maximum Gasteiger partial charge on any atom is 0.317 e. The Morgan fingerprint density at radius 1 is 1.23 bits per heavy atom. The number of carbonyl (C=O) groups is 2. The molecule has 0 unspecified atom stereocenters. The molecule has 31 heavy (non-hydrogen) atoms. The quantitative estimate of drug-likeness (QED) is 0.655. The van der Waals surface area contributed by atoms with Crippen molar-refractivity contribution in [2.45, 2.75) is 52.1 Å². The van der Waals surface area contributed by atoms with E-state index in [9.17, 15) is 14.0 Å². The summed E-state index contributed by atoms with van der Waals surface area (Å²) in [6.07, 6.45) is 6.62. The van der Waals surface area contributed by atoms with Crippen LogP contribution >= 0.6 is 0 Å². The number of hydrogen-bond acceptors (Lipinski definition) is 3. The number of unbranched alkanes of at least 4 members (excludes halogenated alkanes) is 1. The summed E-state index contributed by atoms with van der Waals surface area (Å²) in [7, 11) is 0. The maximum atomic E-state index is 13.8. The summed E-state index contributed by atoms with van der Waals surface area (Å²) in [5.41, 5.74) is 2.39. The lowest BCUT2D eigenvalue weighted by atomic mass is 9.88. The summed E-state index contributed by atoms with van der Waals surface area (Å²) in [6, 6.07) is 8.38. The van der Waals surface area contributed by atoms with Crippen molar-refractivity contribution >= 4 is 11.9 Å². The van der Waals surface area contributed by atoms with Gasteiger partial charge in [0.05, 0.1) is 12.0 Å². The molecule has 2 atom stereocenters. The molecule has 3 rings (SSSR count). The number of hydrogen-bond donors (Lipinski definition) is 2. The fourth-order valence-electron chi connectivity index (χ4n) is 3.94. The predicted octanol–water partition coefficient (Wildman–Crippen LogP) is 4.11. The van der Waals surface area contributed by atoms with Gasteiger partial charge in [-0.25, -0.2) is 9.18 Å². The number of amides is 3. The fourth-order valence-corrected chi connectivity index (χ4v) is 3.94. The molecular formula is C24H31FN4O2. The number of aromatic nitrogens is 1. The highest BCUT2D eigenvalue weighted by molar-refractivity contribution is 5.81. The van der Waals surface area contributed by atoms with Crippen LogP contribution in [-0.2, 0) is 11.3 Å². The third-order valence-electron chi connectivity index (χ3n) is 5.78. The number of urea groups is 1. The standard InChI is InChI=1S/C24H31FN4O2/c1-3-4-12-27-24(31)29-16-20(23(30)28-15-18-6-5-11-26-14-18)8-10-22(29)19-7-9-21(25)17(2)13-19/h5-7,9,11,13-14,20,22H,3-4,8,10,12,15-16H2,1-2H3,(H,27,31)(H,28,30)/t20-,22+/m1/s1. The van der Waals surface area contributed by atoms with Crippen LogP contribution in [0.25, 0.3) is 0 Å². The third kappa shape index (κ3) is 6.03. The highest BCUT2D eigenvalue weighted by Gasteiger charge is 2.35. The zero-order valence-electron chi connectivity index (χ0n) is 18.2. The van der Waals surface area contributed by atoms with E-state index in [0.29, 0.717) is 38.0 Å². The number of benzene rings is 1. The number of halogens is 1. The van der Waals surface area contributed by atoms with Gasteiger partial charge in [0.25, 0.3) is 0 Å². The summed E-state index contributed by atoms with van der Waals surface area (Å²) in [5.74, 6) is -0.610. The minimum atomic E-state index is -0.286. The van der Waals surface area contributed by atoms with Gasteiger partial charge in [0, 0.05) is 32.0 Å². The van der Waals surface area contributed by atoms with Crippen LogP contribution < -0.4 is 10.6 Å². The van der Waals surface area contributed by atoms with Crippen LogP contribution in [0.5, 0.6) is 0 Å². The van der Waals surface area contributed by atoms with Crippen LogP contribution in [0.2, 0.25) is 0 Å². The van der Waals surface area contributed by atoms with E-state index in [1.807, 2.05) is 12.1 Å². The Hall–Kier alpha value is -2.96. The van der Waals surface area contributed by atoms with Gasteiger partial charge in [-0.1, -0.05) is 31.5 Å². The molecule has 1 saturated heterocycles. The van der Waals surface area contributed by atoms with Crippen LogP contribution in [0.15, 0.2) is 42.7 Å². The minimum absolute atomic E-state index is 0.0658. The van der Waals surface area contributed by atoms with Crippen molar-refractivity contribution in [3.63, 3.8) is 0 Å². The third-order valence-corrected chi connectivity index (χ3v) is 5.78. The highest BCUT2D eigenvalue weighted by Crippen LogP contribution is 2.34. The van der Waals surface area contributed by atoms with E-state index >= 15 is 0 Å². The first kappa shape index (κ1) is 22.7. The lowest BCUT2D eigenvalue weighted by Gasteiger charge is -2.39. The molecule has 3 amide bonds. The molecule has 7 heteroatoms. The molecular weight excluding hydrogens is 395 g/mol. The Bertz CT molecular complexity index is 890. The van der Waals surface area contributed by atoms with E-state index in [4.69, 9.17) is 0 Å². The first-order valence-corrected chi connectivity index (χ1v) is 11.0. The zero-order chi connectivity index (χ0) is 22.2. The smallest absolute Gasteiger partial charge is 0.317 e. The largest absolute Gasteiger partial charge is 0.352 e. The molecule has 1 fully saturated rings. The number of piperidine rings is 1. The number of carbonyl (C=O) groups excluding carboxylic acids is 2. The first-order valence-electron chi connectivity index (χ1n) is 11.0. The van der Waals surface area contributed by atoms with Gasteiger partial charge in [-0.3, -0.25) is 9.78 Å². The van der Waals surface area contributed by atoms with Gasteiger partial charge >= 0.3 is 6.03 Å². The van der Waals surface area contributed by atoms with Gasteiger partial charge in [-0.05, 0) is 55.0 Å². The van der Waals surface area contributed by atoms with E-state index in [1.165, 1.54) is 6.07 Å². The van der Waals surface area contributed by atoms with Gasteiger partial charge in [0.1, 0.15) is 5.82 Å². The molecule has 0 radical (unpaired) electrons. The molecule has 166 valence electrons. The van der Waals surface area contributed by atoms with E-state index in [0.717, 1.165) is 24.0 Å². The van der Waals surface area contributed by atoms with Crippen LogP contribution in [0.3, 0.4) is 0 Å². The number of aryl methyl sites for hydroxylation is 1. The highest BCUT2D eigenvalue weighted by atomic mass is 19.1. The van der Waals surface area contributed by atoms with Crippen LogP contribution in [0, 0.1) is 18.7 Å². The lowest BCUT2D eigenvalue weighted by Crippen LogP contribution is -2.50. The van der Waals surface area contributed by atoms with Gasteiger partial charge in [-0.2, -0.15) is 0 Å². The van der Waals surface area contributed by atoms with Crippen LogP contribution in [0.4, 0.5) is 9.18 Å². The van der Waals surface area contributed by atoms with Crippen molar-refractivity contribution in [3.8, 4) is 0 Å². The number of pyridine rings is 1. The molecule has 1 aromatic heterocycles. The molecule has 0 saturated carbocycles. The molecule has 0 bridgehead atoms. The van der Waals surface area contributed by atoms with Crippen molar-refractivity contribution in [3.05, 3.63) is 65.2 Å². The molecule has 1 aliphatic heterocycles. The summed E-state index contributed by atoms with van der Waals surface area (Å²) >= 11 is 0. The molecule has 2 N–H and O–H groups in total. The van der Waals surface area contributed by atoms with Gasteiger partial charge < -0.3 is 15.5 Å². The van der Waals surface area contributed by atoms with Crippen molar-refractivity contribution in [2.24, 2.45) is 5.92 Å². The van der Waals surface area contributed by atoms with E-state index in [-0.39, 0.29) is 29.7 Å². The molecule has 1 aromatic carbocycles. The molecule has 0 aliphatic carbocycles. The Kier molecular flexibility index (Phi) is 7.98. The number of nitrogens with one attached hydrogen (secondary N) is 2. The number of nitrogens with zero attached hydrogens (tertiary/aromatic N) is 2. The van der Waals surface area contributed by atoms with Crippen molar-refractivity contribution in [1.29, 1.82) is 0 Å². The average Bonchev–Trinajstić information content (AvgIpc) is 2.79. The molecule has 0 spiro atoms. The van der Waals surface area contributed by atoms with E-state index in [2.05, 4.69) is 22.5 Å². The van der Waals surface area contributed by atoms with Gasteiger partial charge in [0.15, 0.2) is 0 Å². The summed E-state index contributed by atoms with van der Waals surface area (Å²) < 4.78 is 13.8. The fraction of sp³-hybridized carbons (Fsp3) is 0.458. The second-order valence-electron chi connectivity index (χ2n) is 8.12. The first-order chi connectivity index (χ1) is 15.0. The Balaban J connectivity index is 1.71. The van der Waals surface area contributed by atoms with Crippen LogP contribution in [-0.4, -0.2) is 34.9 Å². The van der Waals surface area contributed by atoms with Gasteiger partial charge in [-0.15, -0.1) is 0 Å². The molecule has 1 aliphatic rings. The average molecular weight is 427 g/mol. The Labute approximate surface area is 183 Å². The Morgan fingerprint density at radius 3 is 2.77 bits per heavy atom. The van der Waals surface area contributed by atoms with E-state index < -0.39 is 0 Å². The van der Waals surface area contributed by atoms with Crippen molar-refractivity contribution < 1.29 is 14.0 Å². The number of likely N-dealkylation sites (tertiary alicyclic amines) is 1. The Morgan fingerprint density at radius 2 is 2.06 bits per heavy atom. The summed E-state index contributed by atoms with van der Waals surface area (Å²) in [4.78, 5) is 31.6. The van der Waals surface area contributed by atoms with Crippen molar-refractivity contribution in [1.82, 2.24) is 20.5 Å². The second kappa shape index (κ2) is 10.9. The number of rotatable bonds is 7. The van der Waals surface area contributed by atoms with E-state index in [1.54, 1.807) is 36.4 Å². The molecule has 2 aromatic rings. The minimum Gasteiger partial charge on any atom is -0.352 e. The second-order valence-corrected chi connectivity index (χ2v) is 8.12. The summed E-state index contributed by atoms with van der Waals surface area (Å²) in [5, 5.41) is 5.93. The predicted molar refractivity (Wildman–Crippen MR) is 118 cm³/mol. The van der Waals surface area contributed by atoms with Crippen LogP contribution in [0.1, 0.15) is 55.3 Å². The normalized spacial score (nSPS) is 18.5. The maximum absolute atomic E-state index is 13.8. The molecule has 6 nitrogen and oxygen atoms in total. The van der Waals surface area contributed by atoms with Crippen molar-refractivity contribution in [2.75, 3.05) is 13.1 Å². The molecule has 2 heterocycles. The zero-order valence-corrected chi connectivity index (χ0v) is 18.2. The SMILES string of the molecule is CCCCNC(=O)N1C[C@H](C(=O)NCc2cccnc2)CC[C@H]1c1ccc(F)c(C)c1. The lowest BCUT2D eigenvalue weighted by molar-refractivity contribution is -0.126. The monoisotopic (exact) mass is 426 g/mol. The van der Waals surface area contributed by atoms with Gasteiger partial charge in [0.2, 0.25) is 5.91 Å².